The summed E-state index contributed by atoms with van der Waals surface area (Å²) in [6.07, 6.45) is -1.94. The molecule has 0 aliphatic heterocycles. The number of rotatable bonds is 8. The zero-order chi connectivity index (χ0) is 15.7. The summed E-state index contributed by atoms with van der Waals surface area (Å²) in [5, 5.41) is 11.3. The first-order valence-electron chi connectivity index (χ1n) is 6.31. The maximum absolute atomic E-state index is 11.7. The number of nitrogens with one attached hydrogen (secondary N) is 1. The van der Waals surface area contributed by atoms with Crippen LogP contribution in [-0.2, 0) is 25.6 Å². The minimum absolute atomic E-state index is 0.0943. The van der Waals surface area contributed by atoms with Crippen LogP contribution in [0.15, 0.2) is 30.3 Å². The summed E-state index contributed by atoms with van der Waals surface area (Å²) in [7, 11) is 2.72. The van der Waals surface area contributed by atoms with Crippen LogP contribution in [0.5, 0.6) is 0 Å². The molecule has 0 aromatic heterocycles. The second-order valence-corrected chi connectivity index (χ2v) is 4.25. The lowest BCUT2D eigenvalue weighted by Crippen LogP contribution is -2.46. The Labute approximate surface area is 122 Å². The van der Waals surface area contributed by atoms with Crippen molar-refractivity contribution >= 4 is 12.1 Å². The van der Waals surface area contributed by atoms with E-state index in [1.165, 1.54) is 14.2 Å². The predicted molar refractivity (Wildman–Crippen MR) is 73.6 cm³/mol. The third kappa shape index (κ3) is 6.24. The monoisotopic (exact) mass is 297 g/mol. The number of methoxy groups -OCH3 is 2. The minimum Gasteiger partial charge on any atom is -0.481 e. The Bertz CT molecular complexity index is 446. The molecule has 1 atom stereocenters. The lowest BCUT2D eigenvalue weighted by Gasteiger charge is -2.24. The van der Waals surface area contributed by atoms with Crippen molar-refractivity contribution in [3.63, 3.8) is 0 Å². The Hall–Kier alpha value is -2.12. The summed E-state index contributed by atoms with van der Waals surface area (Å²) in [4.78, 5) is 22.5. The Kier molecular flexibility index (Phi) is 7.20. The second kappa shape index (κ2) is 8.93. The molecule has 1 aromatic rings. The minimum atomic E-state index is -1.08. The molecule has 0 heterocycles. The fraction of sp³-hybridized carbons (Fsp3) is 0.429. The molecule has 0 aliphatic rings. The quantitative estimate of drug-likeness (QED) is 0.704. The summed E-state index contributed by atoms with van der Waals surface area (Å²) < 4.78 is 15.0. The van der Waals surface area contributed by atoms with E-state index in [1.54, 1.807) is 0 Å². The van der Waals surface area contributed by atoms with Gasteiger partial charge in [-0.2, -0.15) is 0 Å². The summed E-state index contributed by atoms with van der Waals surface area (Å²) in [5.41, 5.74) is 0.831. The Balaban J connectivity index is 2.53. The lowest BCUT2D eigenvalue weighted by molar-refractivity contribution is -0.147. The van der Waals surface area contributed by atoms with Gasteiger partial charge in [-0.25, -0.2) is 4.79 Å². The van der Waals surface area contributed by atoms with Gasteiger partial charge < -0.3 is 24.6 Å². The zero-order valence-corrected chi connectivity index (χ0v) is 11.9. The molecule has 1 aromatic carbocycles. The average Bonchev–Trinajstić information content (AvgIpc) is 2.47. The van der Waals surface area contributed by atoms with Gasteiger partial charge in [0, 0.05) is 14.2 Å². The van der Waals surface area contributed by atoms with E-state index in [1.807, 2.05) is 30.3 Å². The van der Waals surface area contributed by atoms with Crippen LogP contribution in [0, 0.1) is 0 Å². The Morgan fingerprint density at radius 2 is 1.81 bits per heavy atom. The van der Waals surface area contributed by atoms with Crippen molar-refractivity contribution in [3.05, 3.63) is 35.9 Å². The number of aliphatic carboxylic acids is 1. The topological polar surface area (TPSA) is 94.1 Å². The first kappa shape index (κ1) is 16.9. The van der Waals surface area contributed by atoms with Crippen molar-refractivity contribution in [1.29, 1.82) is 0 Å². The third-order valence-corrected chi connectivity index (χ3v) is 2.70. The van der Waals surface area contributed by atoms with Crippen LogP contribution in [0.4, 0.5) is 4.79 Å². The van der Waals surface area contributed by atoms with E-state index in [0.717, 1.165) is 5.56 Å². The van der Waals surface area contributed by atoms with Gasteiger partial charge in [0.05, 0.1) is 12.5 Å². The molecule has 116 valence electrons. The molecule has 0 saturated heterocycles. The molecule has 7 nitrogen and oxygen atoms in total. The van der Waals surface area contributed by atoms with Crippen LogP contribution < -0.4 is 5.32 Å². The summed E-state index contributed by atoms with van der Waals surface area (Å²) in [5.74, 6) is -1.08. The molecule has 2 N–H and O–H groups in total. The number of alkyl carbamates (subject to hydrolysis) is 1. The number of carboxylic acid groups (broad SMARTS) is 1. The molecule has 0 radical (unpaired) electrons. The van der Waals surface area contributed by atoms with E-state index in [-0.39, 0.29) is 13.0 Å². The van der Waals surface area contributed by atoms with Gasteiger partial charge in [0.1, 0.15) is 6.61 Å². The molecule has 1 amide bonds. The molecule has 0 spiro atoms. The number of ether oxygens (including phenoxy) is 3. The largest absolute Gasteiger partial charge is 0.481 e. The average molecular weight is 297 g/mol. The zero-order valence-electron chi connectivity index (χ0n) is 11.9. The lowest BCUT2D eigenvalue weighted by atomic mass is 10.2. The van der Waals surface area contributed by atoms with Crippen molar-refractivity contribution in [2.45, 2.75) is 25.4 Å². The maximum Gasteiger partial charge on any atom is 0.407 e. The predicted octanol–water partition coefficient (Wildman–Crippen LogP) is 1.37. The number of carboxylic acids is 1. The highest BCUT2D eigenvalue weighted by Gasteiger charge is 2.26. The highest BCUT2D eigenvalue weighted by atomic mass is 16.7. The number of amides is 1. The number of benzene rings is 1. The van der Waals surface area contributed by atoms with E-state index < -0.39 is 24.4 Å². The number of hydrogen-bond donors (Lipinski definition) is 2. The molecule has 0 saturated carbocycles. The van der Waals surface area contributed by atoms with Gasteiger partial charge in [-0.05, 0) is 5.56 Å². The fourth-order valence-electron chi connectivity index (χ4n) is 1.74. The van der Waals surface area contributed by atoms with Gasteiger partial charge in [-0.1, -0.05) is 30.3 Å². The highest BCUT2D eigenvalue weighted by Crippen LogP contribution is 2.06. The summed E-state index contributed by atoms with van der Waals surface area (Å²) in [6.45, 7) is 0.0943. The van der Waals surface area contributed by atoms with E-state index in [0.29, 0.717) is 0 Å². The Morgan fingerprint density at radius 3 is 2.33 bits per heavy atom. The third-order valence-electron chi connectivity index (χ3n) is 2.70. The Morgan fingerprint density at radius 1 is 1.19 bits per heavy atom. The van der Waals surface area contributed by atoms with E-state index in [9.17, 15) is 9.59 Å². The molecule has 21 heavy (non-hydrogen) atoms. The summed E-state index contributed by atoms with van der Waals surface area (Å²) in [6, 6.07) is 8.30. The van der Waals surface area contributed by atoms with Gasteiger partial charge in [-0.15, -0.1) is 0 Å². The van der Waals surface area contributed by atoms with Crippen LogP contribution >= 0.6 is 0 Å². The normalized spacial score (nSPS) is 12.0. The van der Waals surface area contributed by atoms with Crippen molar-refractivity contribution in [2.75, 3.05) is 14.2 Å². The van der Waals surface area contributed by atoms with Gasteiger partial charge in [-0.3, -0.25) is 4.79 Å². The fourth-order valence-corrected chi connectivity index (χ4v) is 1.74. The molecule has 0 unspecified atom stereocenters. The van der Waals surface area contributed by atoms with E-state index in [2.05, 4.69) is 5.32 Å². The summed E-state index contributed by atoms with van der Waals surface area (Å²) >= 11 is 0. The highest BCUT2D eigenvalue weighted by molar-refractivity contribution is 5.71. The van der Waals surface area contributed by atoms with Crippen LogP contribution in [-0.4, -0.2) is 43.7 Å². The molecular formula is C14H19NO6. The molecule has 7 heteroatoms. The molecule has 1 rings (SSSR count). The smallest absolute Gasteiger partial charge is 0.407 e. The van der Waals surface area contributed by atoms with Gasteiger partial charge in [0.15, 0.2) is 6.29 Å². The van der Waals surface area contributed by atoms with Gasteiger partial charge >= 0.3 is 12.1 Å². The van der Waals surface area contributed by atoms with Gasteiger partial charge in [0.2, 0.25) is 0 Å². The molecule has 0 aliphatic carbocycles. The van der Waals surface area contributed by atoms with Crippen LogP contribution in [0.3, 0.4) is 0 Å². The van der Waals surface area contributed by atoms with Gasteiger partial charge in [0.25, 0.3) is 0 Å². The molecular weight excluding hydrogens is 278 g/mol. The number of hydrogen-bond acceptors (Lipinski definition) is 5. The number of carbonyl (C=O) groups is 2. The first-order chi connectivity index (χ1) is 10.1. The molecule has 0 bridgehead atoms. The second-order valence-electron chi connectivity index (χ2n) is 4.25. The SMILES string of the molecule is COC(OC)[C@@H](CC(=O)O)NC(=O)OCc1ccccc1. The standard InChI is InChI=1S/C14H19NO6/c1-19-13(20-2)11(8-12(16)17)15-14(18)21-9-10-6-4-3-5-7-10/h3-7,11,13H,8-9H2,1-2H3,(H,15,18)(H,16,17)/t11-/m1/s1. The van der Waals surface area contributed by atoms with Crippen LogP contribution in [0.25, 0.3) is 0 Å². The maximum atomic E-state index is 11.7. The van der Waals surface area contributed by atoms with Crippen molar-refractivity contribution in [3.8, 4) is 0 Å². The van der Waals surface area contributed by atoms with Crippen molar-refractivity contribution in [1.82, 2.24) is 5.32 Å². The van der Waals surface area contributed by atoms with E-state index >= 15 is 0 Å². The van der Waals surface area contributed by atoms with Crippen LogP contribution in [0.2, 0.25) is 0 Å². The number of carbonyl (C=O) groups excluding carboxylic acids is 1. The molecule has 0 fully saturated rings. The van der Waals surface area contributed by atoms with E-state index in [4.69, 9.17) is 19.3 Å². The van der Waals surface area contributed by atoms with Crippen LogP contribution in [0.1, 0.15) is 12.0 Å². The van der Waals surface area contributed by atoms with Crippen molar-refractivity contribution in [2.24, 2.45) is 0 Å². The first-order valence-corrected chi connectivity index (χ1v) is 6.31. The van der Waals surface area contributed by atoms with Crippen molar-refractivity contribution < 1.29 is 28.9 Å².